The number of esters is 1. The van der Waals surface area contributed by atoms with E-state index in [0.717, 1.165) is 15.6 Å². The van der Waals surface area contributed by atoms with Gasteiger partial charge < -0.3 is 14.8 Å². The number of amides is 1. The molecule has 0 bridgehead atoms. The first-order valence-corrected chi connectivity index (χ1v) is 8.08. The Bertz CT molecular complexity index is 718. The second-order valence-corrected chi connectivity index (χ2v) is 5.98. The average molecular weight is 392 g/mol. The highest BCUT2D eigenvalue weighted by Crippen LogP contribution is 2.27. The average Bonchev–Trinajstić information content (AvgIpc) is 2.61. The summed E-state index contributed by atoms with van der Waals surface area (Å²) in [6, 6.07) is 14.1. The number of benzene rings is 2. The molecule has 0 heterocycles. The van der Waals surface area contributed by atoms with Crippen LogP contribution in [0.5, 0.6) is 0 Å². The molecule has 6 heteroatoms. The summed E-state index contributed by atoms with van der Waals surface area (Å²) in [5, 5.41) is 2.66. The van der Waals surface area contributed by atoms with E-state index in [2.05, 4.69) is 21.2 Å². The zero-order valence-corrected chi connectivity index (χ0v) is 15.0. The van der Waals surface area contributed by atoms with Gasteiger partial charge in [0.15, 0.2) is 6.04 Å². The lowest BCUT2D eigenvalue weighted by Crippen LogP contribution is -2.44. The minimum Gasteiger partial charge on any atom is -0.467 e. The number of rotatable bonds is 6. The highest BCUT2D eigenvalue weighted by molar-refractivity contribution is 9.10. The van der Waals surface area contributed by atoms with Crippen molar-refractivity contribution in [1.29, 1.82) is 0 Å². The van der Waals surface area contributed by atoms with Crippen LogP contribution >= 0.6 is 15.9 Å². The molecule has 1 atom stereocenters. The van der Waals surface area contributed by atoms with Crippen molar-refractivity contribution in [3.63, 3.8) is 0 Å². The van der Waals surface area contributed by atoms with Gasteiger partial charge in [-0.3, -0.25) is 4.79 Å². The lowest BCUT2D eigenvalue weighted by molar-refractivity contribution is -0.144. The van der Waals surface area contributed by atoms with Gasteiger partial charge in [0.2, 0.25) is 0 Å². The molecule has 0 aliphatic carbocycles. The summed E-state index contributed by atoms with van der Waals surface area (Å²) in [5.74, 6) is -0.919. The second-order valence-electron chi connectivity index (χ2n) is 5.06. The summed E-state index contributed by atoms with van der Waals surface area (Å²) < 4.78 is 10.5. The van der Waals surface area contributed by atoms with Gasteiger partial charge >= 0.3 is 5.97 Å². The van der Waals surface area contributed by atoms with Gasteiger partial charge in [-0.15, -0.1) is 0 Å². The van der Waals surface area contributed by atoms with Crippen molar-refractivity contribution in [2.24, 2.45) is 0 Å². The molecule has 0 radical (unpaired) electrons. The fraction of sp³-hybridized carbons (Fsp3) is 0.222. The van der Waals surface area contributed by atoms with E-state index in [1.54, 1.807) is 12.1 Å². The number of hydrogen-bond donors (Lipinski definition) is 1. The van der Waals surface area contributed by atoms with Crippen molar-refractivity contribution < 1.29 is 19.1 Å². The number of nitrogens with one attached hydrogen (secondary N) is 1. The molecule has 1 amide bonds. The normalized spacial score (nSPS) is 11.6. The van der Waals surface area contributed by atoms with Crippen molar-refractivity contribution in [3.05, 3.63) is 58.6 Å². The van der Waals surface area contributed by atoms with Crippen LogP contribution in [0, 0.1) is 0 Å². The van der Waals surface area contributed by atoms with Crippen LogP contribution in [0.25, 0.3) is 11.1 Å². The molecule has 0 saturated carbocycles. The molecule has 0 saturated heterocycles. The summed E-state index contributed by atoms with van der Waals surface area (Å²) in [6.07, 6.45) is 0. The Morgan fingerprint density at radius 2 is 1.83 bits per heavy atom. The molecular formula is C18H18BrNO4. The van der Waals surface area contributed by atoms with Crippen LogP contribution in [0.1, 0.15) is 10.4 Å². The fourth-order valence-corrected chi connectivity index (χ4v) is 2.65. The van der Waals surface area contributed by atoms with Gasteiger partial charge in [-0.1, -0.05) is 46.3 Å². The van der Waals surface area contributed by atoms with Gasteiger partial charge in [-0.2, -0.15) is 0 Å². The van der Waals surface area contributed by atoms with Crippen molar-refractivity contribution in [2.75, 3.05) is 20.8 Å². The maximum atomic E-state index is 12.7. The van der Waals surface area contributed by atoms with E-state index in [-0.39, 0.29) is 12.5 Å². The third-order valence-corrected chi connectivity index (χ3v) is 3.93. The number of carbonyl (C=O) groups is 2. The van der Waals surface area contributed by atoms with E-state index in [0.29, 0.717) is 5.56 Å². The predicted molar refractivity (Wildman–Crippen MR) is 94.7 cm³/mol. The third kappa shape index (κ3) is 4.43. The molecule has 126 valence electrons. The molecule has 0 aliphatic heterocycles. The minimum atomic E-state index is -0.861. The minimum absolute atomic E-state index is 0.0373. The molecule has 2 aromatic carbocycles. The van der Waals surface area contributed by atoms with Gasteiger partial charge in [0.05, 0.1) is 13.7 Å². The molecule has 0 unspecified atom stereocenters. The zero-order chi connectivity index (χ0) is 17.5. The molecule has 2 aromatic rings. The lowest BCUT2D eigenvalue weighted by atomic mass is 9.99. The molecule has 0 fully saturated rings. The second kappa shape index (κ2) is 8.61. The Labute approximate surface area is 149 Å². The Hall–Kier alpha value is -2.18. The molecular weight excluding hydrogens is 374 g/mol. The Morgan fingerprint density at radius 3 is 2.46 bits per heavy atom. The van der Waals surface area contributed by atoms with Crippen molar-refractivity contribution in [3.8, 4) is 11.1 Å². The highest BCUT2D eigenvalue weighted by atomic mass is 79.9. The maximum Gasteiger partial charge on any atom is 0.330 e. The Balaban J connectivity index is 2.34. The lowest BCUT2D eigenvalue weighted by Gasteiger charge is -2.17. The Kier molecular flexibility index (Phi) is 6.52. The summed E-state index contributed by atoms with van der Waals surface area (Å²) in [4.78, 5) is 24.4. The van der Waals surface area contributed by atoms with Crippen LogP contribution in [0.4, 0.5) is 0 Å². The van der Waals surface area contributed by atoms with Gasteiger partial charge in [0.25, 0.3) is 5.91 Å². The number of carbonyl (C=O) groups excluding carboxylic acids is 2. The summed E-state index contributed by atoms with van der Waals surface area (Å²) in [5.41, 5.74) is 2.14. The first-order valence-electron chi connectivity index (χ1n) is 7.29. The topological polar surface area (TPSA) is 64.6 Å². The standard InChI is InChI=1S/C18H18BrNO4/c1-23-11-16(18(22)24-2)20-17(21)14-9-8-13(19)10-15(14)12-6-4-3-5-7-12/h3-10,16H,11H2,1-2H3,(H,20,21)/t16-/m0/s1. The van der Waals surface area contributed by atoms with Crippen molar-refractivity contribution >= 4 is 27.8 Å². The monoisotopic (exact) mass is 391 g/mol. The van der Waals surface area contributed by atoms with Crippen LogP contribution in [0.2, 0.25) is 0 Å². The SMILES string of the molecule is COC[C@H](NC(=O)c1ccc(Br)cc1-c1ccccc1)C(=O)OC. The Morgan fingerprint density at radius 1 is 1.12 bits per heavy atom. The van der Waals surface area contributed by atoms with E-state index < -0.39 is 12.0 Å². The van der Waals surface area contributed by atoms with Gasteiger partial charge in [-0.25, -0.2) is 4.79 Å². The zero-order valence-electron chi connectivity index (χ0n) is 13.4. The maximum absolute atomic E-state index is 12.7. The molecule has 0 spiro atoms. The number of hydrogen-bond acceptors (Lipinski definition) is 4. The molecule has 1 N–H and O–H groups in total. The van der Waals surface area contributed by atoms with Crippen LogP contribution in [0.3, 0.4) is 0 Å². The summed E-state index contributed by atoms with van der Waals surface area (Å²) >= 11 is 3.43. The van der Waals surface area contributed by atoms with E-state index in [9.17, 15) is 9.59 Å². The molecule has 5 nitrogen and oxygen atoms in total. The van der Waals surface area contributed by atoms with E-state index in [1.165, 1.54) is 14.2 Å². The molecule has 2 rings (SSSR count). The first-order chi connectivity index (χ1) is 11.6. The molecule has 24 heavy (non-hydrogen) atoms. The van der Waals surface area contributed by atoms with Crippen molar-refractivity contribution in [2.45, 2.75) is 6.04 Å². The van der Waals surface area contributed by atoms with Crippen LogP contribution in [-0.4, -0.2) is 38.7 Å². The van der Waals surface area contributed by atoms with Gasteiger partial charge in [0, 0.05) is 17.1 Å². The summed E-state index contributed by atoms with van der Waals surface area (Å²) in [7, 11) is 2.73. The van der Waals surface area contributed by atoms with E-state index in [4.69, 9.17) is 9.47 Å². The third-order valence-electron chi connectivity index (χ3n) is 3.44. The predicted octanol–water partition coefficient (Wildman–Crippen LogP) is 3.03. The number of methoxy groups -OCH3 is 2. The molecule has 0 aromatic heterocycles. The summed E-state index contributed by atoms with van der Waals surface area (Å²) in [6.45, 7) is 0.0373. The van der Waals surface area contributed by atoms with E-state index >= 15 is 0 Å². The van der Waals surface area contributed by atoms with Crippen LogP contribution < -0.4 is 5.32 Å². The van der Waals surface area contributed by atoms with Gasteiger partial charge in [0.1, 0.15) is 0 Å². The van der Waals surface area contributed by atoms with E-state index in [1.807, 2.05) is 36.4 Å². The molecule has 0 aliphatic rings. The van der Waals surface area contributed by atoms with Gasteiger partial charge in [-0.05, 0) is 29.3 Å². The van der Waals surface area contributed by atoms with Crippen LogP contribution in [0.15, 0.2) is 53.0 Å². The quantitative estimate of drug-likeness (QED) is 0.768. The first kappa shape index (κ1) is 18.2. The highest BCUT2D eigenvalue weighted by Gasteiger charge is 2.23. The van der Waals surface area contributed by atoms with Crippen LogP contribution in [-0.2, 0) is 14.3 Å². The largest absolute Gasteiger partial charge is 0.467 e. The number of ether oxygens (including phenoxy) is 2. The van der Waals surface area contributed by atoms with Crippen molar-refractivity contribution in [1.82, 2.24) is 5.32 Å². The smallest absolute Gasteiger partial charge is 0.330 e. The fourth-order valence-electron chi connectivity index (χ4n) is 2.28. The number of halogens is 1.